The van der Waals surface area contributed by atoms with Crippen LogP contribution in [0.15, 0.2) is 42.7 Å². The van der Waals surface area contributed by atoms with E-state index in [4.69, 9.17) is 4.74 Å². The van der Waals surface area contributed by atoms with E-state index in [2.05, 4.69) is 27.3 Å². The summed E-state index contributed by atoms with van der Waals surface area (Å²) in [5.74, 6) is 0.989. The molecule has 0 aliphatic carbocycles. The third-order valence-corrected chi connectivity index (χ3v) is 3.33. The van der Waals surface area contributed by atoms with Gasteiger partial charge < -0.3 is 15.0 Å². The average Bonchev–Trinajstić information content (AvgIpc) is 2.69. The Kier molecular flexibility index (Phi) is 3.23. The zero-order valence-corrected chi connectivity index (χ0v) is 11.0. The summed E-state index contributed by atoms with van der Waals surface area (Å²) < 4.78 is 5.78. The summed E-state index contributed by atoms with van der Waals surface area (Å²) in [7, 11) is 1.90. The van der Waals surface area contributed by atoms with Crippen molar-refractivity contribution in [2.75, 3.05) is 30.4 Å². The Morgan fingerprint density at radius 3 is 3.05 bits per heavy atom. The lowest BCUT2D eigenvalue weighted by Gasteiger charge is -2.22. The number of para-hydroxylation sites is 1. The number of anilines is 2. The van der Waals surface area contributed by atoms with Gasteiger partial charge in [-0.2, -0.15) is 0 Å². The van der Waals surface area contributed by atoms with Gasteiger partial charge in [-0.25, -0.2) is 0 Å². The fourth-order valence-corrected chi connectivity index (χ4v) is 2.28. The van der Waals surface area contributed by atoms with Crippen molar-refractivity contribution >= 4 is 11.4 Å². The van der Waals surface area contributed by atoms with Gasteiger partial charge >= 0.3 is 0 Å². The molecule has 0 saturated carbocycles. The van der Waals surface area contributed by atoms with Gasteiger partial charge in [-0.15, -0.1) is 0 Å². The predicted octanol–water partition coefficient (Wildman–Crippen LogP) is 2.52. The van der Waals surface area contributed by atoms with Crippen molar-refractivity contribution in [2.24, 2.45) is 0 Å². The van der Waals surface area contributed by atoms with E-state index in [1.165, 1.54) is 5.56 Å². The highest BCUT2D eigenvalue weighted by Gasteiger charge is 2.15. The summed E-state index contributed by atoms with van der Waals surface area (Å²) in [6.07, 6.45) is 3.72. The maximum absolute atomic E-state index is 5.78. The summed E-state index contributed by atoms with van der Waals surface area (Å²) in [4.78, 5) is 6.56. The second-order valence-electron chi connectivity index (χ2n) is 4.56. The highest BCUT2D eigenvalue weighted by molar-refractivity contribution is 5.56. The molecule has 4 nitrogen and oxygen atoms in total. The second kappa shape index (κ2) is 5.18. The molecular weight excluding hydrogens is 238 g/mol. The van der Waals surface area contributed by atoms with Gasteiger partial charge in [-0.05, 0) is 12.1 Å². The fourth-order valence-electron chi connectivity index (χ4n) is 2.28. The Balaban J connectivity index is 1.89. The van der Waals surface area contributed by atoms with Crippen molar-refractivity contribution in [3.63, 3.8) is 0 Å². The van der Waals surface area contributed by atoms with E-state index in [1.54, 1.807) is 0 Å². The van der Waals surface area contributed by atoms with Gasteiger partial charge in [0.2, 0.25) is 0 Å². The summed E-state index contributed by atoms with van der Waals surface area (Å²) in [6, 6.07) is 10.3. The number of hydrogen-bond donors (Lipinski definition) is 1. The molecule has 1 aliphatic heterocycles. The smallest absolute Gasteiger partial charge is 0.124 e. The maximum atomic E-state index is 5.78. The Hall–Kier alpha value is -2.23. The quantitative estimate of drug-likeness (QED) is 0.894. The van der Waals surface area contributed by atoms with Gasteiger partial charge in [0.15, 0.2) is 0 Å². The third-order valence-electron chi connectivity index (χ3n) is 3.33. The summed E-state index contributed by atoms with van der Waals surface area (Å²) in [6.45, 7) is 2.41. The monoisotopic (exact) mass is 255 g/mol. The van der Waals surface area contributed by atoms with E-state index in [9.17, 15) is 0 Å². The van der Waals surface area contributed by atoms with Crippen molar-refractivity contribution in [3.8, 4) is 5.75 Å². The first kappa shape index (κ1) is 11.8. The van der Waals surface area contributed by atoms with Crippen molar-refractivity contribution < 1.29 is 4.74 Å². The van der Waals surface area contributed by atoms with Crippen LogP contribution in [0.4, 0.5) is 11.4 Å². The van der Waals surface area contributed by atoms with Gasteiger partial charge in [-0.1, -0.05) is 18.2 Å². The zero-order chi connectivity index (χ0) is 13.1. The Morgan fingerprint density at radius 2 is 2.16 bits per heavy atom. The predicted molar refractivity (Wildman–Crippen MR) is 76.8 cm³/mol. The summed E-state index contributed by atoms with van der Waals surface area (Å²) in [5.41, 5.74) is 3.36. The van der Waals surface area contributed by atoms with Crippen molar-refractivity contribution in [2.45, 2.75) is 6.54 Å². The number of pyridine rings is 1. The molecule has 0 amide bonds. The van der Waals surface area contributed by atoms with E-state index in [0.717, 1.165) is 30.2 Å². The van der Waals surface area contributed by atoms with Crippen molar-refractivity contribution in [1.29, 1.82) is 0 Å². The molecule has 0 saturated heterocycles. The number of nitrogens with one attached hydrogen (secondary N) is 1. The van der Waals surface area contributed by atoms with Gasteiger partial charge in [0.1, 0.15) is 12.4 Å². The molecule has 0 radical (unpaired) electrons. The molecule has 4 heteroatoms. The van der Waals surface area contributed by atoms with Crippen molar-refractivity contribution in [1.82, 2.24) is 4.98 Å². The number of rotatable bonds is 2. The minimum Gasteiger partial charge on any atom is -0.491 e. The second-order valence-corrected chi connectivity index (χ2v) is 4.56. The molecular formula is C15H17N3O. The van der Waals surface area contributed by atoms with Crippen LogP contribution in [0.25, 0.3) is 0 Å². The number of hydrogen-bond acceptors (Lipinski definition) is 4. The number of ether oxygens (including phenoxy) is 1. The molecule has 2 heterocycles. The van der Waals surface area contributed by atoms with Crippen LogP contribution >= 0.6 is 0 Å². The molecule has 1 aromatic heterocycles. The Morgan fingerprint density at radius 1 is 1.26 bits per heavy atom. The molecule has 0 bridgehead atoms. The van der Waals surface area contributed by atoms with E-state index < -0.39 is 0 Å². The van der Waals surface area contributed by atoms with E-state index >= 15 is 0 Å². The van der Waals surface area contributed by atoms with Crippen molar-refractivity contribution in [3.05, 3.63) is 48.3 Å². The molecule has 1 aliphatic rings. The third kappa shape index (κ3) is 2.47. The number of fused-ring (bicyclic) bond motifs is 1. The van der Waals surface area contributed by atoms with Gasteiger partial charge in [0.05, 0.1) is 30.3 Å². The van der Waals surface area contributed by atoms with Gasteiger partial charge in [0, 0.05) is 19.2 Å². The molecule has 1 aromatic carbocycles. The van der Waals surface area contributed by atoms with Crippen LogP contribution in [0.2, 0.25) is 0 Å². The Bertz CT molecular complexity index is 571. The minimum absolute atomic E-state index is 0.695. The highest BCUT2D eigenvalue weighted by atomic mass is 16.5. The van der Waals surface area contributed by atoms with Crippen LogP contribution < -0.4 is 15.0 Å². The summed E-state index contributed by atoms with van der Waals surface area (Å²) >= 11 is 0. The Labute approximate surface area is 113 Å². The molecule has 2 aromatic rings. The largest absolute Gasteiger partial charge is 0.491 e. The maximum Gasteiger partial charge on any atom is 0.124 e. The SMILES string of the molecule is CNc1cncc(N2CCOc3ccccc3C2)c1. The van der Waals surface area contributed by atoms with E-state index in [-0.39, 0.29) is 0 Å². The normalized spacial score (nSPS) is 14.3. The first-order valence-corrected chi connectivity index (χ1v) is 6.45. The van der Waals surface area contributed by atoms with Gasteiger partial charge in [-0.3, -0.25) is 4.98 Å². The standard InChI is InChI=1S/C15H17N3O/c1-16-13-8-14(10-17-9-13)18-6-7-19-15-5-3-2-4-12(15)11-18/h2-5,8-10,16H,6-7,11H2,1H3. The first-order chi connectivity index (χ1) is 9.36. The number of benzene rings is 1. The molecule has 0 spiro atoms. The minimum atomic E-state index is 0.695. The van der Waals surface area contributed by atoms with Crippen LogP contribution in [-0.2, 0) is 6.54 Å². The van der Waals surface area contributed by atoms with Crippen LogP contribution in [0.3, 0.4) is 0 Å². The molecule has 0 unspecified atom stereocenters. The molecule has 0 fully saturated rings. The van der Waals surface area contributed by atoms with E-state index in [1.807, 2.05) is 37.6 Å². The molecule has 19 heavy (non-hydrogen) atoms. The number of aromatic nitrogens is 1. The highest BCUT2D eigenvalue weighted by Crippen LogP contribution is 2.26. The lowest BCUT2D eigenvalue weighted by Crippen LogP contribution is -2.25. The molecule has 0 atom stereocenters. The van der Waals surface area contributed by atoms with Gasteiger partial charge in [0.25, 0.3) is 0 Å². The lowest BCUT2D eigenvalue weighted by molar-refractivity contribution is 0.331. The first-order valence-electron chi connectivity index (χ1n) is 6.45. The summed E-state index contributed by atoms with van der Waals surface area (Å²) in [5, 5.41) is 3.12. The van der Waals surface area contributed by atoms with Crippen LogP contribution in [0, 0.1) is 0 Å². The van der Waals surface area contributed by atoms with Crippen LogP contribution in [0.5, 0.6) is 5.75 Å². The van der Waals surface area contributed by atoms with Crippen LogP contribution in [-0.4, -0.2) is 25.2 Å². The zero-order valence-electron chi connectivity index (χ0n) is 11.0. The lowest BCUT2D eigenvalue weighted by atomic mass is 10.2. The van der Waals surface area contributed by atoms with Crippen LogP contribution in [0.1, 0.15) is 5.56 Å². The molecule has 1 N–H and O–H groups in total. The average molecular weight is 255 g/mol. The topological polar surface area (TPSA) is 37.4 Å². The molecule has 98 valence electrons. The molecule has 3 rings (SSSR count). The van der Waals surface area contributed by atoms with E-state index in [0.29, 0.717) is 6.61 Å². The number of nitrogens with zero attached hydrogens (tertiary/aromatic N) is 2. The fraction of sp³-hybridized carbons (Fsp3) is 0.267.